The molecule has 10 nitrogen and oxygen atoms in total. The largest absolute Gasteiger partial charge is 0.493 e. The highest BCUT2D eigenvalue weighted by molar-refractivity contribution is 6.30. The second-order valence-electron chi connectivity index (χ2n) is 8.45. The van der Waals surface area contributed by atoms with E-state index in [1.165, 1.54) is 0 Å². The summed E-state index contributed by atoms with van der Waals surface area (Å²) in [6, 6.07) is 16.3. The van der Waals surface area contributed by atoms with Crippen LogP contribution < -0.4 is 25.4 Å². The van der Waals surface area contributed by atoms with Gasteiger partial charge in [-0.15, -0.1) is 0 Å². The summed E-state index contributed by atoms with van der Waals surface area (Å²) in [5.41, 5.74) is 9.62. The van der Waals surface area contributed by atoms with Gasteiger partial charge < -0.3 is 30.3 Å². The van der Waals surface area contributed by atoms with Crippen molar-refractivity contribution in [1.82, 2.24) is 19.9 Å². The van der Waals surface area contributed by atoms with Crippen LogP contribution in [-0.2, 0) is 0 Å². The van der Waals surface area contributed by atoms with E-state index in [1.807, 2.05) is 30.3 Å². The first-order valence-corrected chi connectivity index (χ1v) is 12.1. The number of aromatic nitrogens is 3. The van der Waals surface area contributed by atoms with Crippen LogP contribution in [0.2, 0.25) is 5.02 Å². The second kappa shape index (κ2) is 10.4. The van der Waals surface area contributed by atoms with Gasteiger partial charge in [0.25, 0.3) is 0 Å². The van der Waals surface area contributed by atoms with Gasteiger partial charge in [-0.2, -0.15) is 4.98 Å². The fraction of sp³-hybridized carbons (Fsp3) is 0.231. The van der Waals surface area contributed by atoms with Gasteiger partial charge in [-0.1, -0.05) is 11.6 Å². The van der Waals surface area contributed by atoms with Gasteiger partial charge in [-0.25, -0.2) is 14.8 Å². The third-order valence-corrected chi connectivity index (χ3v) is 6.43. The number of anilines is 3. The molecular formula is C26H26ClN7O3. The number of piperazine rings is 1. The molecule has 0 aliphatic carbocycles. The van der Waals surface area contributed by atoms with E-state index >= 15 is 0 Å². The number of hydrogen-bond acceptors (Lipinski definition) is 8. The number of amides is 2. The monoisotopic (exact) mass is 519 g/mol. The Morgan fingerprint density at radius 1 is 0.919 bits per heavy atom. The molecule has 190 valence electrons. The van der Waals surface area contributed by atoms with E-state index < -0.39 is 0 Å². The third-order valence-electron chi connectivity index (χ3n) is 6.18. The molecule has 1 aliphatic heterocycles. The van der Waals surface area contributed by atoms with E-state index in [0.717, 1.165) is 11.3 Å². The maximum atomic E-state index is 12.7. The number of nitrogens with one attached hydrogen (secondary N) is 1. The number of benzene rings is 2. The Bertz CT molecular complexity index is 1440. The Balaban J connectivity index is 1.37. The highest BCUT2D eigenvalue weighted by atomic mass is 35.5. The Morgan fingerprint density at radius 3 is 2.35 bits per heavy atom. The first kappa shape index (κ1) is 24.4. The molecule has 2 aromatic carbocycles. The summed E-state index contributed by atoms with van der Waals surface area (Å²) in [5.74, 6) is 2.07. The molecule has 2 amide bonds. The topological polar surface area (TPSA) is 119 Å². The van der Waals surface area contributed by atoms with Crippen molar-refractivity contribution in [2.75, 3.05) is 56.3 Å². The minimum absolute atomic E-state index is 0.164. The smallest absolute Gasteiger partial charge is 0.321 e. The van der Waals surface area contributed by atoms with E-state index in [0.29, 0.717) is 65.2 Å². The summed E-state index contributed by atoms with van der Waals surface area (Å²) >= 11 is 5.93. The number of carbonyl (C=O) groups is 1. The van der Waals surface area contributed by atoms with Crippen molar-refractivity contribution in [1.29, 1.82) is 0 Å². The van der Waals surface area contributed by atoms with Crippen molar-refractivity contribution in [2.45, 2.75) is 0 Å². The summed E-state index contributed by atoms with van der Waals surface area (Å²) in [5, 5.41) is 3.52. The second-order valence-corrected chi connectivity index (χ2v) is 8.89. The number of hydrogen-bond donors (Lipinski definition) is 2. The molecule has 0 spiro atoms. The van der Waals surface area contributed by atoms with Crippen LogP contribution in [0.1, 0.15) is 0 Å². The zero-order valence-corrected chi connectivity index (χ0v) is 21.2. The predicted molar refractivity (Wildman–Crippen MR) is 145 cm³/mol. The lowest BCUT2D eigenvalue weighted by Crippen LogP contribution is -2.50. The van der Waals surface area contributed by atoms with Crippen molar-refractivity contribution < 1.29 is 14.3 Å². The number of urea groups is 1. The Morgan fingerprint density at radius 2 is 1.65 bits per heavy atom. The van der Waals surface area contributed by atoms with Gasteiger partial charge in [0, 0.05) is 42.5 Å². The third kappa shape index (κ3) is 5.14. The molecule has 0 unspecified atom stereocenters. The molecule has 0 bridgehead atoms. The van der Waals surface area contributed by atoms with Crippen LogP contribution >= 0.6 is 11.6 Å². The van der Waals surface area contributed by atoms with Crippen LogP contribution in [0.25, 0.3) is 22.3 Å². The molecule has 37 heavy (non-hydrogen) atoms. The molecule has 1 fully saturated rings. The van der Waals surface area contributed by atoms with E-state index in [2.05, 4.69) is 20.2 Å². The fourth-order valence-electron chi connectivity index (χ4n) is 4.25. The van der Waals surface area contributed by atoms with Gasteiger partial charge in [0.1, 0.15) is 5.52 Å². The number of nitrogens with two attached hydrogens (primary N) is 1. The number of carbonyl (C=O) groups excluding carboxylic acids is 1. The predicted octanol–water partition coefficient (Wildman–Crippen LogP) is 4.30. The molecule has 1 aliphatic rings. The zero-order chi connectivity index (χ0) is 25.9. The van der Waals surface area contributed by atoms with Crippen molar-refractivity contribution in [3.63, 3.8) is 0 Å². The Kier molecular flexibility index (Phi) is 6.82. The summed E-state index contributed by atoms with van der Waals surface area (Å²) in [6.07, 6.45) is 0. The Hall–Kier alpha value is -4.31. The standard InChI is InChI=1S/C26H26ClN7O3/c1-36-21-10-3-16(15-22(21)37-2)19-8-9-20-23(30-19)24(32-25(28)31-20)33-11-13-34(14-12-33)26(35)29-18-6-4-17(27)5-7-18/h3-10,15H,11-14H2,1-2H3,(H,29,35)(H2,28,31,32). The average Bonchev–Trinajstić information content (AvgIpc) is 2.93. The van der Waals surface area contributed by atoms with Crippen LogP contribution in [0.5, 0.6) is 11.5 Å². The lowest BCUT2D eigenvalue weighted by Gasteiger charge is -2.35. The van der Waals surface area contributed by atoms with Crippen molar-refractivity contribution in [3.8, 4) is 22.8 Å². The van der Waals surface area contributed by atoms with Crippen LogP contribution in [0.3, 0.4) is 0 Å². The van der Waals surface area contributed by atoms with Gasteiger partial charge >= 0.3 is 6.03 Å². The number of methoxy groups -OCH3 is 2. The van der Waals surface area contributed by atoms with Crippen molar-refractivity contribution >= 4 is 46.1 Å². The summed E-state index contributed by atoms with van der Waals surface area (Å²) < 4.78 is 10.8. The number of nitrogens with zero attached hydrogens (tertiary/aromatic N) is 5. The quantitative estimate of drug-likeness (QED) is 0.400. The van der Waals surface area contributed by atoms with Crippen LogP contribution in [0, 0.1) is 0 Å². The highest BCUT2D eigenvalue weighted by Crippen LogP contribution is 2.33. The summed E-state index contributed by atoms with van der Waals surface area (Å²) in [6.45, 7) is 2.17. The maximum Gasteiger partial charge on any atom is 0.321 e. The highest BCUT2D eigenvalue weighted by Gasteiger charge is 2.24. The average molecular weight is 520 g/mol. The van der Waals surface area contributed by atoms with Gasteiger partial charge in [0.05, 0.1) is 25.4 Å². The molecule has 1 saturated heterocycles. The van der Waals surface area contributed by atoms with Gasteiger partial charge in [0.2, 0.25) is 5.95 Å². The van der Waals surface area contributed by atoms with Gasteiger partial charge in [0.15, 0.2) is 17.3 Å². The fourth-order valence-corrected chi connectivity index (χ4v) is 4.38. The van der Waals surface area contributed by atoms with E-state index in [9.17, 15) is 4.79 Å². The van der Waals surface area contributed by atoms with Crippen molar-refractivity contribution in [3.05, 3.63) is 59.6 Å². The van der Waals surface area contributed by atoms with E-state index in [4.69, 9.17) is 31.8 Å². The summed E-state index contributed by atoms with van der Waals surface area (Å²) in [7, 11) is 3.19. The number of nitrogen functional groups attached to an aromatic ring is 1. The van der Waals surface area contributed by atoms with Gasteiger partial charge in [-0.3, -0.25) is 0 Å². The number of ether oxygens (including phenoxy) is 2. The molecular weight excluding hydrogens is 494 g/mol. The normalized spacial score (nSPS) is 13.5. The van der Waals surface area contributed by atoms with E-state index in [-0.39, 0.29) is 12.0 Å². The van der Waals surface area contributed by atoms with Gasteiger partial charge in [-0.05, 0) is 54.6 Å². The molecule has 2 aromatic heterocycles. The molecule has 3 heterocycles. The van der Waals surface area contributed by atoms with Crippen molar-refractivity contribution in [2.24, 2.45) is 0 Å². The lowest BCUT2D eigenvalue weighted by atomic mass is 10.1. The molecule has 4 aromatic rings. The number of fused-ring (bicyclic) bond motifs is 1. The molecule has 0 atom stereocenters. The van der Waals surface area contributed by atoms with Crippen LogP contribution in [0.15, 0.2) is 54.6 Å². The molecule has 0 radical (unpaired) electrons. The first-order chi connectivity index (χ1) is 17.9. The number of pyridine rings is 1. The molecule has 3 N–H and O–H groups in total. The van der Waals surface area contributed by atoms with E-state index in [1.54, 1.807) is 43.4 Å². The number of halogens is 1. The molecule has 0 saturated carbocycles. The zero-order valence-electron chi connectivity index (χ0n) is 20.4. The SMILES string of the molecule is COc1ccc(-c2ccc3nc(N)nc(N4CCN(C(=O)Nc5ccc(Cl)cc5)CC4)c3n2)cc1OC. The molecule has 11 heteroatoms. The first-order valence-electron chi connectivity index (χ1n) is 11.7. The maximum absolute atomic E-state index is 12.7. The van der Waals surface area contributed by atoms with Crippen LogP contribution in [0.4, 0.5) is 22.2 Å². The number of rotatable bonds is 5. The Labute approximate surface area is 219 Å². The molecule has 5 rings (SSSR count). The lowest BCUT2D eigenvalue weighted by molar-refractivity contribution is 0.208. The minimum atomic E-state index is -0.164. The minimum Gasteiger partial charge on any atom is -0.493 e. The van der Waals surface area contributed by atoms with Crippen LogP contribution in [-0.4, -0.2) is 66.3 Å². The summed E-state index contributed by atoms with van der Waals surface area (Å²) in [4.78, 5) is 30.4.